The van der Waals surface area contributed by atoms with Crippen molar-refractivity contribution in [1.82, 2.24) is 24.4 Å². The summed E-state index contributed by atoms with van der Waals surface area (Å²) in [6, 6.07) is 4.02. The fraction of sp³-hybridized carbons (Fsp3) is 0.364. The van der Waals surface area contributed by atoms with Crippen LogP contribution in [-0.2, 0) is 17.8 Å². The van der Waals surface area contributed by atoms with E-state index in [0.29, 0.717) is 48.9 Å². The number of benzene rings is 1. The Morgan fingerprint density at radius 2 is 2.16 bits per heavy atom. The first-order valence-electron chi connectivity index (χ1n) is 10.3. The van der Waals surface area contributed by atoms with Gasteiger partial charge >= 0.3 is 0 Å². The van der Waals surface area contributed by atoms with Gasteiger partial charge in [0.1, 0.15) is 17.9 Å². The second-order valence-corrected chi connectivity index (χ2v) is 8.71. The van der Waals surface area contributed by atoms with Crippen molar-refractivity contribution in [2.24, 2.45) is 0 Å². The van der Waals surface area contributed by atoms with Crippen LogP contribution < -0.4 is 10.5 Å². The number of terminal acetylenes is 1. The summed E-state index contributed by atoms with van der Waals surface area (Å²) in [5, 5.41) is 0.758. The van der Waals surface area contributed by atoms with Crippen LogP contribution in [0.4, 0.5) is 5.82 Å². The highest BCUT2D eigenvalue weighted by Gasteiger charge is 2.22. The van der Waals surface area contributed by atoms with E-state index >= 15 is 0 Å². The van der Waals surface area contributed by atoms with Gasteiger partial charge in [-0.3, -0.25) is 9.69 Å². The number of hydrogen-bond acceptors (Lipinski definition) is 8. The number of fused-ring (bicyclic) bond motifs is 2. The quantitative estimate of drug-likeness (QED) is 0.589. The van der Waals surface area contributed by atoms with Crippen molar-refractivity contribution in [3.8, 4) is 18.1 Å². The normalized spacial score (nSPS) is 15.9. The first kappa shape index (κ1) is 19.8. The van der Waals surface area contributed by atoms with E-state index in [9.17, 15) is 4.79 Å². The summed E-state index contributed by atoms with van der Waals surface area (Å²) in [5.41, 5.74) is 9.32. The number of rotatable bonds is 6. The number of ketones is 1. The van der Waals surface area contributed by atoms with E-state index in [4.69, 9.17) is 21.9 Å². The van der Waals surface area contributed by atoms with E-state index in [1.54, 1.807) is 0 Å². The molecule has 0 atom stereocenters. The van der Waals surface area contributed by atoms with Gasteiger partial charge in [0.05, 0.1) is 13.2 Å². The van der Waals surface area contributed by atoms with E-state index < -0.39 is 0 Å². The number of carbonyl (C=O) groups is 1. The van der Waals surface area contributed by atoms with Crippen molar-refractivity contribution in [3.05, 3.63) is 29.6 Å². The molecule has 0 radical (unpaired) electrons. The molecule has 0 bridgehead atoms. The molecule has 1 saturated heterocycles. The summed E-state index contributed by atoms with van der Waals surface area (Å²) < 4.78 is 7.79. The van der Waals surface area contributed by atoms with Gasteiger partial charge in [-0.2, -0.15) is 0 Å². The predicted molar refractivity (Wildman–Crippen MR) is 118 cm³/mol. The van der Waals surface area contributed by atoms with Gasteiger partial charge in [0.25, 0.3) is 0 Å². The van der Waals surface area contributed by atoms with Crippen molar-refractivity contribution in [2.75, 3.05) is 32.0 Å². The standard InChI is InChI=1S/C22H22N6O2S/c1-2-14-10-15-5-9-30-17(15)11-18(14)31-22-26-19-20(23)24-13-25-21(19)28(22)7-3-6-27-8-4-16(29)12-27/h1,10-11,13H,3-9,12H2,(H2,23,24,25). The molecule has 3 aromatic rings. The van der Waals surface area contributed by atoms with E-state index in [-0.39, 0.29) is 0 Å². The summed E-state index contributed by atoms with van der Waals surface area (Å²) in [7, 11) is 0. The first-order valence-corrected chi connectivity index (χ1v) is 11.1. The second-order valence-electron chi connectivity index (χ2n) is 7.70. The Balaban J connectivity index is 1.45. The van der Waals surface area contributed by atoms with Gasteiger partial charge in [-0.1, -0.05) is 17.7 Å². The summed E-state index contributed by atoms with van der Waals surface area (Å²) >= 11 is 1.49. The molecular formula is C22H22N6O2S. The SMILES string of the molecule is C#Cc1cc2c(cc1Sc1nc3c(N)ncnc3n1CCCN1CCC(=O)C1)OCC2. The Labute approximate surface area is 184 Å². The first-order chi connectivity index (χ1) is 15.1. The minimum Gasteiger partial charge on any atom is -0.493 e. The Bertz CT molecular complexity index is 1210. The smallest absolute Gasteiger partial charge is 0.175 e. The lowest BCUT2D eigenvalue weighted by Crippen LogP contribution is -2.23. The fourth-order valence-electron chi connectivity index (χ4n) is 4.05. The average Bonchev–Trinajstić information content (AvgIpc) is 3.47. The summed E-state index contributed by atoms with van der Waals surface area (Å²) in [6.07, 6.45) is 9.64. The van der Waals surface area contributed by atoms with Gasteiger partial charge in [-0.05, 0) is 24.1 Å². The summed E-state index contributed by atoms with van der Waals surface area (Å²) in [4.78, 5) is 27.9. The Morgan fingerprint density at radius 3 is 2.97 bits per heavy atom. The number of likely N-dealkylation sites (tertiary alicyclic amines) is 1. The average molecular weight is 435 g/mol. The maximum absolute atomic E-state index is 11.5. The van der Waals surface area contributed by atoms with Crippen molar-refractivity contribution >= 4 is 34.5 Å². The summed E-state index contributed by atoms with van der Waals surface area (Å²) in [6.45, 7) is 3.60. The van der Waals surface area contributed by atoms with Crippen LogP contribution >= 0.6 is 11.8 Å². The number of ether oxygens (including phenoxy) is 1. The molecule has 1 fully saturated rings. The summed E-state index contributed by atoms with van der Waals surface area (Å²) in [5.74, 6) is 4.33. The van der Waals surface area contributed by atoms with Crippen molar-refractivity contribution in [1.29, 1.82) is 0 Å². The third-order valence-electron chi connectivity index (χ3n) is 5.64. The number of anilines is 1. The third kappa shape index (κ3) is 3.84. The molecule has 158 valence electrons. The van der Waals surface area contributed by atoms with Gasteiger partial charge in [0, 0.05) is 42.9 Å². The van der Waals surface area contributed by atoms with Crippen LogP contribution in [0.25, 0.3) is 11.2 Å². The third-order valence-corrected chi connectivity index (χ3v) is 6.69. The molecule has 4 heterocycles. The lowest BCUT2D eigenvalue weighted by atomic mass is 10.1. The molecule has 0 unspecified atom stereocenters. The molecule has 2 aliphatic heterocycles. The molecule has 31 heavy (non-hydrogen) atoms. The molecule has 0 saturated carbocycles. The maximum atomic E-state index is 11.5. The van der Waals surface area contributed by atoms with Crippen LogP contribution in [0.2, 0.25) is 0 Å². The molecule has 0 aliphatic carbocycles. The zero-order valence-corrected chi connectivity index (χ0v) is 17.8. The van der Waals surface area contributed by atoms with E-state index in [1.807, 2.05) is 12.1 Å². The number of Topliss-reactive ketones (excluding diaryl/α,β-unsaturated/α-hetero) is 1. The van der Waals surface area contributed by atoms with Crippen molar-refractivity contribution in [2.45, 2.75) is 35.9 Å². The van der Waals surface area contributed by atoms with Crippen LogP contribution in [0.3, 0.4) is 0 Å². The van der Waals surface area contributed by atoms with Crippen LogP contribution in [0, 0.1) is 12.3 Å². The van der Waals surface area contributed by atoms with Crippen molar-refractivity contribution < 1.29 is 9.53 Å². The van der Waals surface area contributed by atoms with E-state index in [2.05, 4.69) is 25.4 Å². The van der Waals surface area contributed by atoms with Crippen LogP contribution in [0.1, 0.15) is 24.0 Å². The minimum atomic E-state index is 0.311. The topological polar surface area (TPSA) is 99.2 Å². The molecule has 1 aromatic carbocycles. The lowest BCUT2D eigenvalue weighted by molar-refractivity contribution is -0.116. The highest BCUT2D eigenvalue weighted by Crippen LogP contribution is 2.38. The number of carbonyl (C=O) groups excluding carboxylic acids is 1. The fourth-order valence-corrected chi connectivity index (χ4v) is 5.06. The molecule has 0 amide bonds. The molecule has 8 nitrogen and oxygen atoms in total. The molecule has 2 aromatic heterocycles. The monoisotopic (exact) mass is 434 g/mol. The van der Waals surface area contributed by atoms with Crippen LogP contribution in [0.5, 0.6) is 5.75 Å². The number of aromatic nitrogens is 4. The minimum absolute atomic E-state index is 0.311. The van der Waals surface area contributed by atoms with Gasteiger partial charge in [0.2, 0.25) is 0 Å². The number of nitrogens with two attached hydrogens (primary N) is 1. The molecule has 0 spiro atoms. The number of nitrogen functional groups attached to an aromatic ring is 1. The van der Waals surface area contributed by atoms with E-state index in [0.717, 1.165) is 52.9 Å². The highest BCUT2D eigenvalue weighted by molar-refractivity contribution is 7.99. The Hall–Kier alpha value is -3.09. The van der Waals surface area contributed by atoms with Crippen LogP contribution in [-0.4, -0.2) is 56.4 Å². The zero-order valence-electron chi connectivity index (χ0n) is 17.0. The number of imidazole rings is 1. The Kier molecular flexibility index (Phi) is 5.26. The molecule has 2 N–H and O–H groups in total. The molecule has 9 heteroatoms. The largest absolute Gasteiger partial charge is 0.493 e. The highest BCUT2D eigenvalue weighted by atomic mass is 32.2. The molecular weight excluding hydrogens is 412 g/mol. The molecule has 2 aliphatic rings. The number of nitrogens with zero attached hydrogens (tertiary/aromatic N) is 5. The maximum Gasteiger partial charge on any atom is 0.175 e. The van der Waals surface area contributed by atoms with Gasteiger partial charge in [-0.15, -0.1) is 6.42 Å². The van der Waals surface area contributed by atoms with Crippen molar-refractivity contribution in [3.63, 3.8) is 0 Å². The van der Waals surface area contributed by atoms with Gasteiger partial charge < -0.3 is 15.0 Å². The molecule has 5 rings (SSSR count). The van der Waals surface area contributed by atoms with Gasteiger partial charge in [0.15, 0.2) is 22.1 Å². The Morgan fingerprint density at radius 1 is 1.26 bits per heavy atom. The van der Waals surface area contributed by atoms with E-state index in [1.165, 1.54) is 18.1 Å². The van der Waals surface area contributed by atoms with Crippen LogP contribution in [0.15, 0.2) is 28.5 Å². The number of hydrogen-bond donors (Lipinski definition) is 1. The number of aryl methyl sites for hydroxylation is 1. The predicted octanol–water partition coefficient (Wildman–Crippen LogP) is 2.14. The zero-order chi connectivity index (χ0) is 21.4. The lowest BCUT2D eigenvalue weighted by Gasteiger charge is -2.15. The van der Waals surface area contributed by atoms with Gasteiger partial charge in [-0.25, -0.2) is 15.0 Å². The second kappa shape index (κ2) is 8.21.